The molecule has 0 aliphatic heterocycles. The van der Waals surface area contributed by atoms with Crippen LogP contribution in [0.4, 0.5) is 23.2 Å². The molecular formula is C22H19F4N2O6P. The third-order valence-electron chi connectivity index (χ3n) is 4.60. The molecule has 3 rings (SSSR count). The lowest BCUT2D eigenvalue weighted by Gasteiger charge is -2.16. The third-order valence-corrected chi connectivity index (χ3v) is 5.20. The molecule has 0 radical (unpaired) electrons. The Kier molecular flexibility index (Phi) is 7.49. The van der Waals surface area contributed by atoms with Crippen LogP contribution in [0.3, 0.4) is 0 Å². The van der Waals surface area contributed by atoms with E-state index in [9.17, 15) is 31.7 Å². The highest BCUT2D eigenvalue weighted by atomic mass is 31.2. The summed E-state index contributed by atoms with van der Waals surface area (Å²) in [6, 6.07) is 7.94. The Labute approximate surface area is 196 Å². The molecule has 1 heterocycles. The normalized spacial score (nSPS) is 13.2. The van der Waals surface area contributed by atoms with Gasteiger partial charge >= 0.3 is 13.8 Å². The molecule has 1 atom stereocenters. The van der Waals surface area contributed by atoms with Gasteiger partial charge in [-0.05, 0) is 55.0 Å². The van der Waals surface area contributed by atoms with Crippen molar-refractivity contribution in [3.8, 4) is 11.5 Å². The molecule has 13 heteroatoms. The molecule has 1 amide bonds. The second kappa shape index (κ2) is 10.0. The molecule has 0 bridgehead atoms. The molecule has 0 aliphatic rings. The molecule has 2 aromatic carbocycles. The zero-order chi connectivity index (χ0) is 26.0. The number of alkyl halides is 3. The molecule has 0 spiro atoms. The SMILES string of the molecule is Cc1cc(F)ccc1Oc1cc(C(F)(F)F)ccc1C(=O)Nc1ccn(COP(C)(=O)O)c(=O)c1. The number of hydrogen-bond donors (Lipinski definition) is 2. The number of pyridine rings is 1. The number of ether oxygens (including phenoxy) is 1. The van der Waals surface area contributed by atoms with Gasteiger partial charge in [0.2, 0.25) is 0 Å². The van der Waals surface area contributed by atoms with Crippen LogP contribution in [0.5, 0.6) is 11.5 Å². The summed E-state index contributed by atoms with van der Waals surface area (Å²) in [6.45, 7) is 1.92. The predicted octanol–water partition coefficient (Wildman–Crippen LogP) is 5.15. The number of anilines is 1. The smallest absolute Gasteiger partial charge is 0.416 e. The van der Waals surface area contributed by atoms with Crippen LogP contribution in [0.1, 0.15) is 21.5 Å². The minimum Gasteiger partial charge on any atom is -0.456 e. The van der Waals surface area contributed by atoms with Crippen LogP contribution in [-0.2, 0) is 22.0 Å². The Morgan fingerprint density at radius 1 is 1.11 bits per heavy atom. The third kappa shape index (κ3) is 7.01. The summed E-state index contributed by atoms with van der Waals surface area (Å²) >= 11 is 0. The van der Waals surface area contributed by atoms with Crippen molar-refractivity contribution in [2.24, 2.45) is 0 Å². The van der Waals surface area contributed by atoms with Gasteiger partial charge in [-0.3, -0.25) is 23.2 Å². The van der Waals surface area contributed by atoms with E-state index >= 15 is 0 Å². The van der Waals surface area contributed by atoms with E-state index in [-0.39, 0.29) is 17.0 Å². The van der Waals surface area contributed by atoms with Crippen LogP contribution >= 0.6 is 7.60 Å². The number of aryl methyl sites for hydroxylation is 1. The van der Waals surface area contributed by atoms with Crippen molar-refractivity contribution in [2.45, 2.75) is 19.8 Å². The second-order valence-electron chi connectivity index (χ2n) is 7.46. The first kappa shape index (κ1) is 26.1. The lowest BCUT2D eigenvalue weighted by atomic mass is 10.1. The van der Waals surface area contributed by atoms with Gasteiger partial charge in [-0.15, -0.1) is 0 Å². The van der Waals surface area contributed by atoms with Gasteiger partial charge < -0.3 is 14.9 Å². The van der Waals surface area contributed by atoms with Gasteiger partial charge in [0.1, 0.15) is 24.0 Å². The molecule has 35 heavy (non-hydrogen) atoms. The van der Waals surface area contributed by atoms with E-state index in [4.69, 9.17) is 9.63 Å². The maximum Gasteiger partial charge on any atom is 0.416 e. The summed E-state index contributed by atoms with van der Waals surface area (Å²) in [5, 5.41) is 2.39. The lowest BCUT2D eigenvalue weighted by Crippen LogP contribution is -2.21. The summed E-state index contributed by atoms with van der Waals surface area (Å²) in [6.07, 6.45) is -3.52. The summed E-state index contributed by atoms with van der Waals surface area (Å²) in [5.41, 5.74) is -1.73. The maximum atomic E-state index is 13.4. The Morgan fingerprint density at radius 3 is 2.43 bits per heavy atom. The number of amides is 1. The zero-order valence-electron chi connectivity index (χ0n) is 18.3. The standard InChI is InChI=1S/C22H19F4N2O6P/c1-13-9-15(23)4-6-18(13)34-19-10-14(22(24,25)26)3-5-17(19)21(30)27-16-7-8-28(20(29)11-16)12-33-35(2,31)32/h3-11H,12H2,1-2H3,(H,27,30)(H,31,32). The number of carbonyl (C=O) groups excluding carboxylic acids is 1. The molecule has 8 nitrogen and oxygen atoms in total. The Hall–Kier alpha value is -3.47. The van der Waals surface area contributed by atoms with Crippen LogP contribution in [0.25, 0.3) is 0 Å². The molecular weight excluding hydrogens is 495 g/mol. The van der Waals surface area contributed by atoms with Crippen LogP contribution < -0.4 is 15.6 Å². The highest BCUT2D eigenvalue weighted by Crippen LogP contribution is 2.37. The average molecular weight is 514 g/mol. The van der Waals surface area contributed by atoms with Gasteiger partial charge in [-0.2, -0.15) is 13.2 Å². The van der Waals surface area contributed by atoms with Crippen LogP contribution in [0.2, 0.25) is 0 Å². The number of nitrogens with zero attached hydrogens (tertiary/aromatic N) is 1. The summed E-state index contributed by atoms with van der Waals surface area (Å²) in [4.78, 5) is 34.2. The van der Waals surface area contributed by atoms with Gasteiger partial charge in [0.05, 0.1) is 11.1 Å². The molecule has 0 aliphatic carbocycles. The van der Waals surface area contributed by atoms with E-state index in [1.807, 2.05) is 0 Å². The van der Waals surface area contributed by atoms with Crippen molar-refractivity contribution < 1.29 is 41.1 Å². The minimum absolute atomic E-state index is 0.00346. The van der Waals surface area contributed by atoms with Crippen LogP contribution in [0.15, 0.2) is 59.5 Å². The highest BCUT2D eigenvalue weighted by Gasteiger charge is 2.32. The second-order valence-corrected chi connectivity index (χ2v) is 9.32. The number of benzene rings is 2. The fourth-order valence-corrected chi connectivity index (χ4v) is 3.22. The fourth-order valence-electron chi connectivity index (χ4n) is 2.88. The molecule has 186 valence electrons. The number of rotatable bonds is 7. The predicted molar refractivity (Wildman–Crippen MR) is 118 cm³/mol. The molecule has 1 aromatic heterocycles. The van der Waals surface area contributed by atoms with Crippen LogP contribution in [-0.4, -0.2) is 22.0 Å². The van der Waals surface area contributed by atoms with E-state index in [0.717, 1.165) is 35.5 Å². The van der Waals surface area contributed by atoms with Gasteiger partial charge in [0.25, 0.3) is 11.5 Å². The van der Waals surface area contributed by atoms with E-state index in [1.54, 1.807) is 0 Å². The largest absolute Gasteiger partial charge is 0.456 e. The van der Waals surface area contributed by atoms with Crippen molar-refractivity contribution in [2.75, 3.05) is 12.0 Å². The molecule has 0 fully saturated rings. The number of halogens is 4. The Balaban J connectivity index is 1.90. The lowest BCUT2D eigenvalue weighted by molar-refractivity contribution is -0.137. The first-order valence-electron chi connectivity index (χ1n) is 9.85. The highest BCUT2D eigenvalue weighted by molar-refractivity contribution is 7.51. The van der Waals surface area contributed by atoms with Gasteiger partial charge in [-0.25, -0.2) is 4.39 Å². The van der Waals surface area contributed by atoms with Crippen molar-refractivity contribution in [1.82, 2.24) is 4.57 Å². The van der Waals surface area contributed by atoms with E-state index in [1.165, 1.54) is 25.3 Å². The molecule has 0 saturated heterocycles. The Morgan fingerprint density at radius 2 is 1.83 bits per heavy atom. The van der Waals surface area contributed by atoms with E-state index in [2.05, 4.69) is 9.84 Å². The molecule has 1 unspecified atom stereocenters. The maximum absolute atomic E-state index is 13.4. The summed E-state index contributed by atoms with van der Waals surface area (Å²) in [5.74, 6) is -1.84. The van der Waals surface area contributed by atoms with Crippen molar-refractivity contribution in [3.63, 3.8) is 0 Å². The first-order chi connectivity index (χ1) is 16.2. The van der Waals surface area contributed by atoms with Crippen molar-refractivity contribution in [1.29, 1.82) is 0 Å². The van der Waals surface area contributed by atoms with Crippen molar-refractivity contribution >= 4 is 19.2 Å². The Bertz CT molecular complexity index is 1370. The number of carbonyl (C=O) groups is 1. The van der Waals surface area contributed by atoms with Crippen molar-refractivity contribution in [3.05, 3.63) is 87.6 Å². The molecule has 0 saturated carbocycles. The quantitative estimate of drug-likeness (QED) is 0.334. The summed E-state index contributed by atoms with van der Waals surface area (Å²) in [7, 11) is -3.83. The van der Waals surface area contributed by atoms with Gasteiger partial charge in [0.15, 0.2) is 0 Å². The summed E-state index contributed by atoms with van der Waals surface area (Å²) < 4.78 is 75.5. The van der Waals surface area contributed by atoms with E-state index < -0.39 is 49.1 Å². The minimum atomic E-state index is -4.71. The topological polar surface area (TPSA) is 107 Å². The van der Waals surface area contributed by atoms with Crippen LogP contribution in [0, 0.1) is 12.7 Å². The number of nitrogens with one attached hydrogen (secondary N) is 1. The first-order valence-corrected chi connectivity index (χ1v) is 11.9. The van der Waals surface area contributed by atoms with E-state index in [0.29, 0.717) is 17.7 Å². The van der Waals surface area contributed by atoms with Gasteiger partial charge in [0, 0.05) is 24.6 Å². The average Bonchev–Trinajstić information content (AvgIpc) is 2.73. The number of aromatic nitrogens is 1. The zero-order valence-corrected chi connectivity index (χ0v) is 19.2. The van der Waals surface area contributed by atoms with Gasteiger partial charge in [-0.1, -0.05) is 0 Å². The number of hydrogen-bond acceptors (Lipinski definition) is 5. The molecule has 3 aromatic rings. The molecule has 2 N–H and O–H groups in total. The monoisotopic (exact) mass is 514 g/mol. The fraction of sp³-hybridized carbons (Fsp3) is 0.182.